The van der Waals surface area contributed by atoms with Crippen molar-refractivity contribution in [2.75, 3.05) is 6.54 Å². The molecule has 0 spiro atoms. The molecule has 1 unspecified atom stereocenters. The number of aliphatic carboxylic acids is 1. The van der Waals surface area contributed by atoms with Crippen molar-refractivity contribution in [1.29, 1.82) is 0 Å². The minimum atomic E-state index is -1.46. The van der Waals surface area contributed by atoms with E-state index in [1.807, 2.05) is 19.1 Å². The molecule has 0 radical (unpaired) electrons. The van der Waals surface area contributed by atoms with Gasteiger partial charge in [-0.3, -0.25) is 4.79 Å². The Balaban J connectivity index is 2.43. The highest BCUT2D eigenvalue weighted by molar-refractivity contribution is 6.31. The van der Waals surface area contributed by atoms with Crippen LogP contribution in [0.15, 0.2) is 24.3 Å². The average Bonchev–Trinajstić information content (AvgIpc) is 2.40. The van der Waals surface area contributed by atoms with E-state index in [-0.39, 0.29) is 18.9 Å². The first kappa shape index (κ1) is 16.2. The summed E-state index contributed by atoms with van der Waals surface area (Å²) >= 11 is 5.96. The Morgan fingerprint density at radius 2 is 2.15 bits per heavy atom. The predicted octanol–water partition coefficient (Wildman–Crippen LogP) is 1.61. The molecule has 0 bridgehead atoms. The van der Waals surface area contributed by atoms with Gasteiger partial charge in [-0.25, -0.2) is 4.79 Å². The second kappa shape index (κ2) is 7.67. The number of rotatable bonds is 6. The second-order valence-corrected chi connectivity index (χ2v) is 4.68. The number of halogens is 1. The number of carboxylic acids is 1. The van der Waals surface area contributed by atoms with Crippen molar-refractivity contribution in [3.05, 3.63) is 40.4 Å². The monoisotopic (exact) mass is 297 g/mol. The van der Waals surface area contributed by atoms with Crippen LogP contribution in [-0.4, -0.2) is 34.7 Å². The first-order chi connectivity index (χ1) is 9.40. The molecule has 0 saturated carbocycles. The van der Waals surface area contributed by atoms with Gasteiger partial charge in [0.1, 0.15) is 0 Å². The smallest absolute Gasteiger partial charge is 0.332 e. The number of amides is 1. The summed E-state index contributed by atoms with van der Waals surface area (Å²) in [5.41, 5.74) is 1.75. The largest absolute Gasteiger partial charge is 0.479 e. The van der Waals surface area contributed by atoms with Crippen LogP contribution in [-0.2, 0) is 9.59 Å². The van der Waals surface area contributed by atoms with Gasteiger partial charge in [0.05, 0.1) is 0 Å². The summed E-state index contributed by atoms with van der Waals surface area (Å²) in [6, 6.07) is 5.43. The molecule has 1 aromatic rings. The number of nitrogens with one attached hydrogen (secondary N) is 1. The van der Waals surface area contributed by atoms with Crippen molar-refractivity contribution in [3.8, 4) is 0 Å². The topological polar surface area (TPSA) is 86.6 Å². The van der Waals surface area contributed by atoms with E-state index >= 15 is 0 Å². The van der Waals surface area contributed by atoms with Gasteiger partial charge < -0.3 is 15.5 Å². The summed E-state index contributed by atoms with van der Waals surface area (Å²) in [5, 5.41) is 20.6. The molecular weight excluding hydrogens is 282 g/mol. The van der Waals surface area contributed by atoms with Crippen LogP contribution in [0.5, 0.6) is 0 Å². The van der Waals surface area contributed by atoms with Gasteiger partial charge in [-0.1, -0.05) is 23.7 Å². The Kier molecular flexibility index (Phi) is 6.21. The Bertz CT molecular complexity index is 528. The Morgan fingerprint density at radius 3 is 2.75 bits per heavy atom. The molecule has 20 heavy (non-hydrogen) atoms. The number of aliphatic hydroxyl groups is 1. The fourth-order valence-electron chi connectivity index (χ4n) is 1.40. The van der Waals surface area contributed by atoms with Gasteiger partial charge >= 0.3 is 5.97 Å². The minimum Gasteiger partial charge on any atom is -0.479 e. The van der Waals surface area contributed by atoms with Crippen LogP contribution in [0.4, 0.5) is 0 Å². The predicted molar refractivity (Wildman–Crippen MR) is 76.5 cm³/mol. The van der Waals surface area contributed by atoms with Gasteiger partial charge in [0.25, 0.3) is 0 Å². The van der Waals surface area contributed by atoms with Gasteiger partial charge in [0, 0.05) is 24.1 Å². The number of aliphatic hydroxyl groups excluding tert-OH is 1. The molecule has 0 aliphatic heterocycles. The second-order valence-electron chi connectivity index (χ2n) is 4.28. The van der Waals surface area contributed by atoms with Crippen LogP contribution in [0.3, 0.4) is 0 Å². The lowest BCUT2D eigenvalue weighted by Gasteiger charge is -2.05. The van der Waals surface area contributed by atoms with Crippen LogP contribution in [0.2, 0.25) is 5.02 Å². The molecule has 0 fully saturated rings. The molecule has 0 saturated heterocycles. The molecule has 0 aromatic heterocycles. The molecule has 1 aromatic carbocycles. The highest BCUT2D eigenvalue weighted by Gasteiger charge is 2.12. The highest BCUT2D eigenvalue weighted by Crippen LogP contribution is 2.17. The normalized spacial score (nSPS) is 12.3. The van der Waals surface area contributed by atoms with E-state index in [0.29, 0.717) is 5.02 Å². The molecule has 1 rings (SSSR count). The van der Waals surface area contributed by atoms with Crippen molar-refractivity contribution < 1.29 is 19.8 Å². The van der Waals surface area contributed by atoms with Crippen molar-refractivity contribution in [2.45, 2.75) is 19.4 Å². The van der Waals surface area contributed by atoms with Crippen molar-refractivity contribution in [1.82, 2.24) is 5.32 Å². The summed E-state index contributed by atoms with van der Waals surface area (Å²) in [6.07, 6.45) is 1.43. The summed E-state index contributed by atoms with van der Waals surface area (Å²) in [5.74, 6) is -1.66. The number of carbonyl (C=O) groups is 2. The number of carbonyl (C=O) groups excluding carboxylic acids is 1. The number of carboxylic acid groups (broad SMARTS) is 1. The van der Waals surface area contributed by atoms with Crippen molar-refractivity contribution in [3.63, 3.8) is 0 Å². The van der Waals surface area contributed by atoms with E-state index in [0.717, 1.165) is 11.1 Å². The number of hydrogen-bond donors (Lipinski definition) is 3. The van der Waals surface area contributed by atoms with Gasteiger partial charge in [-0.05, 0) is 30.2 Å². The lowest BCUT2D eigenvalue weighted by Crippen LogP contribution is -2.28. The Hall–Kier alpha value is -1.85. The zero-order valence-electron chi connectivity index (χ0n) is 11.0. The highest BCUT2D eigenvalue weighted by atomic mass is 35.5. The molecule has 0 aliphatic rings. The van der Waals surface area contributed by atoms with E-state index < -0.39 is 12.1 Å². The summed E-state index contributed by atoms with van der Waals surface area (Å²) in [4.78, 5) is 21.8. The summed E-state index contributed by atoms with van der Waals surface area (Å²) < 4.78 is 0. The maximum Gasteiger partial charge on any atom is 0.332 e. The minimum absolute atomic E-state index is 0.0364. The molecule has 1 amide bonds. The maximum atomic E-state index is 11.5. The van der Waals surface area contributed by atoms with Gasteiger partial charge in [0.2, 0.25) is 5.91 Å². The van der Waals surface area contributed by atoms with E-state index in [4.69, 9.17) is 21.8 Å². The Morgan fingerprint density at radius 1 is 1.45 bits per heavy atom. The van der Waals surface area contributed by atoms with Crippen LogP contribution in [0, 0.1) is 6.92 Å². The Labute approximate surface area is 121 Å². The quantitative estimate of drug-likeness (QED) is 0.696. The molecule has 5 nitrogen and oxygen atoms in total. The third-order valence-electron chi connectivity index (χ3n) is 2.63. The first-order valence-corrected chi connectivity index (χ1v) is 6.41. The zero-order valence-corrected chi connectivity index (χ0v) is 11.7. The third-order valence-corrected chi connectivity index (χ3v) is 3.03. The maximum absolute atomic E-state index is 11.5. The summed E-state index contributed by atoms with van der Waals surface area (Å²) in [7, 11) is 0. The summed E-state index contributed by atoms with van der Waals surface area (Å²) in [6.45, 7) is 1.97. The molecule has 108 valence electrons. The van der Waals surface area contributed by atoms with Crippen LogP contribution >= 0.6 is 11.6 Å². The number of benzene rings is 1. The standard InChI is InChI=1S/C14H16ClNO4/c1-9-2-3-10(8-11(9)15)4-5-13(18)16-7-6-12(17)14(19)20/h2-5,8,12,17H,6-7H2,1H3,(H,16,18)(H,19,20)/b5-4+. The third kappa shape index (κ3) is 5.42. The molecule has 1 atom stereocenters. The molecular formula is C14H16ClNO4. The fraction of sp³-hybridized carbons (Fsp3) is 0.286. The molecule has 0 heterocycles. The van der Waals surface area contributed by atoms with Gasteiger partial charge in [-0.15, -0.1) is 0 Å². The van der Waals surface area contributed by atoms with Crippen LogP contribution in [0.25, 0.3) is 6.08 Å². The zero-order chi connectivity index (χ0) is 15.1. The fourth-order valence-corrected chi connectivity index (χ4v) is 1.59. The number of hydrogen-bond acceptors (Lipinski definition) is 3. The SMILES string of the molecule is Cc1ccc(/C=C/C(=O)NCCC(O)C(=O)O)cc1Cl. The first-order valence-electron chi connectivity index (χ1n) is 6.03. The molecule has 3 N–H and O–H groups in total. The number of aryl methyl sites for hydroxylation is 1. The molecule has 6 heteroatoms. The van der Waals surface area contributed by atoms with Crippen LogP contribution in [0.1, 0.15) is 17.5 Å². The van der Waals surface area contributed by atoms with E-state index in [9.17, 15) is 9.59 Å². The lowest BCUT2D eigenvalue weighted by atomic mass is 10.1. The van der Waals surface area contributed by atoms with Gasteiger partial charge in [0.15, 0.2) is 6.10 Å². The average molecular weight is 298 g/mol. The van der Waals surface area contributed by atoms with Gasteiger partial charge in [-0.2, -0.15) is 0 Å². The lowest BCUT2D eigenvalue weighted by molar-refractivity contribution is -0.147. The van der Waals surface area contributed by atoms with Crippen molar-refractivity contribution >= 4 is 29.6 Å². The van der Waals surface area contributed by atoms with Crippen molar-refractivity contribution in [2.24, 2.45) is 0 Å². The molecule has 0 aliphatic carbocycles. The van der Waals surface area contributed by atoms with Crippen LogP contribution < -0.4 is 5.32 Å². The van der Waals surface area contributed by atoms with E-state index in [1.54, 1.807) is 12.1 Å². The van der Waals surface area contributed by atoms with E-state index in [1.165, 1.54) is 6.08 Å². The van der Waals surface area contributed by atoms with E-state index in [2.05, 4.69) is 5.32 Å².